The van der Waals surface area contributed by atoms with E-state index in [2.05, 4.69) is 0 Å². The first kappa shape index (κ1) is 14.1. The summed E-state index contributed by atoms with van der Waals surface area (Å²) >= 11 is 0. The molecule has 4 N–H and O–H groups in total. The molecule has 1 aliphatic heterocycles. The third kappa shape index (κ3) is 2.63. The van der Waals surface area contributed by atoms with Crippen LogP contribution in [0.5, 0.6) is 0 Å². The molecule has 112 valence electrons. The third-order valence-electron chi connectivity index (χ3n) is 4.51. The first-order valence-electron chi connectivity index (χ1n) is 7.35. The zero-order valence-corrected chi connectivity index (χ0v) is 11.4. The Morgan fingerprint density at radius 1 is 1.00 bits per heavy atom. The highest BCUT2D eigenvalue weighted by atomic mass is 16.5. The second kappa shape index (κ2) is 5.48. The largest absolute Gasteiger partial charge is 0.490 e. The zero-order valence-electron chi connectivity index (χ0n) is 11.4. The average molecular weight is 282 g/mol. The second-order valence-electron chi connectivity index (χ2n) is 6.05. The van der Waals surface area contributed by atoms with Gasteiger partial charge in [0.25, 0.3) is 0 Å². The number of ether oxygens (including phenoxy) is 1. The van der Waals surface area contributed by atoms with Gasteiger partial charge in [-0.1, -0.05) is 6.08 Å². The van der Waals surface area contributed by atoms with Crippen LogP contribution in [0.15, 0.2) is 23.0 Å². The molecular weight excluding hydrogens is 260 g/mol. The van der Waals surface area contributed by atoms with Crippen LogP contribution in [-0.2, 0) is 4.74 Å². The summed E-state index contributed by atoms with van der Waals surface area (Å²) in [6, 6.07) is 0. The fraction of sp³-hybridized carbons (Fsp3) is 0.733. The molecule has 20 heavy (non-hydrogen) atoms. The Morgan fingerprint density at radius 3 is 2.45 bits per heavy atom. The summed E-state index contributed by atoms with van der Waals surface area (Å²) in [6.07, 6.45) is 2.56. The molecule has 0 saturated heterocycles. The minimum atomic E-state index is -0.813. The lowest BCUT2D eigenvalue weighted by molar-refractivity contribution is -0.0117. The van der Waals surface area contributed by atoms with Crippen LogP contribution in [0.4, 0.5) is 0 Å². The van der Waals surface area contributed by atoms with Crippen molar-refractivity contribution in [3.8, 4) is 0 Å². The van der Waals surface area contributed by atoms with Gasteiger partial charge in [-0.05, 0) is 24.8 Å². The standard InChI is InChI=1S/C15H22O5/c16-9-3-1-8(2-4-9)13-7-12(19)15-11(18)5-10(17)6-14(15)20-13/h1,9-13,16-19H,2-7H2/t9-,10-,11+,12?,13+/m1/s1. The van der Waals surface area contributed by atoms with E-state index in [1.807, 2.05) is 6.08 Å². The van der Waals surface area contributed by atoms with E-state index in [1.165, 1.54) is 0 Å². The average Bonchev–Trinajstić information content (AvgIpc) is 2.38. The minimum Gasteiger partial charge on any atom is -0.490 e. The van der Waals surface area contributed by atoms with Gasteiger partial charge in [0.15, 0.2) is 0 Å². The van der Waals surface area contributed by atoms with Crippen molar-refractivity contribution in [2.75, 3.05) is 0 Å². The molecule has 0 radical (unpaired) electrons. The first-order valence-corrected chi connectivity index (χ1v) is 7.35. The molecule has 1 heterocycles. The van der Waals surface area contributed by atoms with Crippen molar-refractivity contribution >= 4 is 0 Å². The van der Waals surface area contributed by atoms with Crippen molar-refractivity contribution in [2.24, 2.45) is 0 Å². The summed E-state index contributed by atoms with van der Waals surface area (Å²) in [7, 11) is 0. The van der Waals surface area contributed by atoms with Crippen LogP contribution in [0.1, 0.15) is 38.5 Å². The van der Waals surface area contributed by atoms with Gasteiger partial charge in [-0.3, -0.25) is 0 Å². The van der Waals surface area contributed by atoms with Crippen LogP contribution >= 0.6 is 0 Å². The highest BCUT2D eigenvalue weighted by molar-refractivity contribution is 5.28. The Morgan fingerprint density at radius 2 is 1.75 bits per heavy atom. The van der Waals surface area contributed by atoms with Gasteiger partial charge in [0.1, 0.15) is 11.9 Å². The summed E-state index contributed by atoms with van der Waals surface area (Å²) < 4.78 is 5.93. The van der Waals surface area contributed by atoms with E-state index in [0.717, 1.165) is 18.4 Å². The number of aliphatic hydroxyl groups is 4. The van der Waals surface area contributed by atoms with Gasteiger partial charge in [-0.15, -0.1) is 0 Å². The molecule has 0 amide bonds. The van der Waals surface area contributed by atoms with E-state index < -0.39 is 18.3 Å². The van der Waals surface area contributed by atoms with Crippen molar-refractivity contribution < 1.29 is 25.2 Å². The molecule has 0 fully saturated rings. The number of hydrogen-bond acceptors (Lipinski definition) is 5. The molecule has 0 bridgehead atoms. The molecule has 1 unspecified atom stereocenters. The maximum Gasteiger partial charge on any atom is 0.122 e. The molecule has 3 rings (SSSR count). The van der Waals surface area contributed by atoms with Gasteiger partial charge in [0.2, 0.25) is 0 Å². The van der Waals surface area contributed by atoms with Crippen LogP contribution in [-0.4, -0.2) is 50.9 Å². The van der Waals surface area contributed by atoms with Gasteiger partial charge in [0.05, 0.1) is 24.4 Å². The van der Waals surface area contributed by atoms with E-state index in [4.69, 9.17) is 4.74 Å². The van der Waals surface area contributed by atoms with Crippen molar-refractivity contribution in [3.05, 3.63) is 23.0 Å². The molecular formula is C15H22O5. The summed E-state index contributed by atoms with van der Waals surface area (Å²) in [4.78, 5) is 0. The lowest BCUT2D eigenvalue weighted by Crippen LogP contribution is -2.40. The van der Waals surface area contributed by atoms with Crippen LogP contribution in [0.3, 0.4) is 0 Å². The number of rotatable bonds is 1. The monoisotopic (exact) mass is 282 g/mol. The van der Waals surface area contributed by atoms with Gasteiger partial charge in [-0.2, -0.15) is 0 Å². The summed E-state index contributed by atoms with van der Waals surface area (Å²) in [5, 5.41) is 39.5. The zero-order chi connectivity index (χ0) is 14.3. The normalized spacial score (nSPS) is 41.8. The highest BCUT2D eigenvalue weighted by Gasteiger charge is 2.39. The molecule has 0 aromatic rings. The molecule has 0 aromatic heterocycles. The Balaban J connectivity index is 1.79. The van der Waals surface area contributed by atoms with Crippen molar-refractivity contribution in [1.82, 2.24) is 0 Å². The van der Waals surface area contributed by atoms with Crippen molar-refractivity contribution in [1.29, 1.82) is 0 Å². The Bertz CT molecular complexity index is 442. The topological polar surface area (TPSA) is 90.2 Å². The maximum absolute atomic E-state index is 10.3. The quantitative estimate of drug-likeness (QED) is 0.522. The molecule has 5 heteroatoms. The van der Waals surface area contributed by atoms with Gasteiger partial charge < -0.3 is 25.2 Å². The van der Waals surface area contributed by atoms with Crippen molar-refractivity contribution in [2.45, 2.75) is 69.0 Å². The Hall–Kier alpha value is -0.880. The third-order valence-corrected chi connectivity index (χ3v) is 4.51. The Labute approximate surface area is 118 Å². The lowest BCUT2D eigenvalue weighted by atomic mass is 9.82. The SMILES string of the molecule is OC1C[C@@H](C2=CC[C@@H](O)CC2)OC2=C1[C@@H](O)C[C@@H](O)C2. The molecule has 0 spiro atoms. The van der Waals surface area contributed by atoms with Gasteiger partial charge in [-0.25, -0.2) is 0 Å². The number of hydrogen-bond donors (Lipinski definition) is 4. The fourth-order valence-electron chi connectivity index (χ4n) is 3.42. The molecule has 2 aliphatic carbocycles. The maximum atomic E-state index is 10.3. The molecule has 5 atom stereocenters. The first-order chi connectivity index (χ1) is 9.54. The highest BCUT2D eigenvalue weighted by Crippen LogP contribution is 2.38. The predicted molar refractivity (Wildman–Crippen MR) is 71.7 cm³/mol. The van der Waals surface area contributed by atoms with Crippen LogP contribution < -0.4 is 0 Å². The van der Waals surface area contributed by atoms with Gasteiger partial charge in [0, 0.05) is 24.8 Å². The van der Waals surface area contributed by atoms with E-state index in [-0.39, 0.29) is 18.6 Å². The van der Waals surface area contributed by atoms with Crippen LogP contribution in [0.25, 0.3) is 0 Å². The fourth-order valence-corrected chi connectivity index (χ4v) is 3.42. The van der Waals surface area contributed by atoms with Crippen molar-refractivity contribution in [3.63, 3.8) is 0 Å². The van der Waals surface area contributed by atoms with Crippen LogP contribution in [0.2, 0.25) is 0 Å². The number of aliphatic hydroxyl groups excluding tert-OH is 4. The summed E-state index contributed by atoms with van der Waals surface area (Å²) in [5.41, 5.74) is 1.65. The molecule has 0 aromatic carbocycles. The second-order valence-corrected chi connectivity index (χ2v) is 6.05. The predicted octanol–water partition coefficient (Wildman–Crippen LogP) is 0.377. The summed E-state index contributed by atoms with van der Waals surface area (Å²) in [5.74, 6) is 0.548. The minimum absolute atomic E-state index is 0.200. The molecule has 0 saturated carbocycles. The van der Waals surface area contributed by atoms with Crippen LogP contribution in [0, 0.1) is 0 Å². The Kier molecular flexibility index (Phi) is 3.86. The smallest absolute Gasteiger partial charge is 0.122 e. The van der Waals surface area contributed by atoms with E-state index in [1.54, 1.807) is 0 Å². The molecule has 3 aliphatic rings. The molecule has 5 nitrogen and oxygen atoms in total. The van der Waals surface area contributed by atoms with Gasteiger partial charge >= 0.3 is 0 Å². The van der Waals surface area contributed by atoms with E-state index in [0.29, 0.717) is 30.6 Å². The van der Waals surface area contributed by atoms with E-state index in [9.17, 15) is 20.4 Å². The lowest BCUT2D eigenvalue weighted by Gasteiger charge is -2.39. The van der Waals surface area contributed by atoms with E-state index >= 15 is 0 Å². The summed E-state index contributed by atoms with van der Waals surface area (Å²) in [6.45, 7) is 0.